The van der Waals surface area contributed by atoms with Crippen LogP contribution >= 0.6 is 22.6 Å². The van der Waals surface area contributed by atoms with Gasteiger partial charge >= 0.3 is 0 Å². The molecule has 0 unspecified atom stereocenters. The first kappa shape index (κ1) is 12.7. The Kier molecular flexibility index (Phi) is 3.91. The number of rotatable bonds is 4. The fourth-order valence-corrected chi connectivity index (χ4v) is 2.77. The summed E-state index contributed by atoms with van der Waals surface area (Å²) in [4.78, 5) is 2.39. The maximum Gasteiger partial charge on any atom is 0.103 e. The van der Waals surface area contributed by atoms with Crippen LogP contribution in [-0.4, -0.2) is 22.7 Å². The minimum Gasteiger partial charge on any atom is -0.369 e. The van der Waals surface area contributed by atoms with Crippen LogP contribution < -0.4 is 4.90 Å². The fourth-order valence-electron chi connectivity index (χ4n) is 2.19. The van der Waals surface area contributed by atoms with Crippen molar-refractivity contribution in [3.8, 4) is 0 Å². The first-order valence-electron chi connectivity index (χ1n) is 6.13. The van der Waals surface area contributed by atoms with Gasteiger partial charge in [-0.2, -0.15) is 5.10 Å². The predicted molar refractivity (Wildman–Crippen MR) is 80.8 cm³/mol. The van der Waals surface area contributed by atoms with Crippen molar-refractivity contribution in [3.05, 3.63) is 27.6 Å². The molecule has 0 atom stereocenters. The Labute approximate surface area is 116 Å². The van der Waals surface area contributed by atoms with Crippen molar-refractivity contribution in [1.29, 1.82) is 0 Å². The Balaban J connectivity index is 2.70. The van der Waals surface area contributed by atoms with E-state index in [1.165, 1.54) is 16.9 Å². The van der Waals surface area contributed by atoms with Crippen LogP contribution in [0.5, 0.6) is 0 Å². The summed E-state index contributed by atoms with van der Waals surface area (Å²) < 4.78 is 3.21. The minimum absolute atomic E-state index is 0.976. The second-order valence-corrected chi connectivity index (χ2v) is 5.07. The first-order chi connectivity index (χ1) is 8.22. The van der Waals surface area contributed by atoms with Crippen molar-refractivity contribution >= 4 is 33.8 Å². The molecule has 92 valence electrons. The standard InChI is InChI=1S/C13H18IN3/c1-4-10-13(16(5-2)6-3)11-8-7-9-12(14)17(11)15-10/h7-9H,4-6H2,1-3H3. The molecule has 0 amide bonds. The molecule has 0 spiro atoms. The summed E-state index contributed by atoms with van der Waals surface area (Å²) in [5.41, 5.74) is 3.71. The fraction of sp³-hybridized carbons (Fsp3) is 0.462. The Morgan fingerprint density at radius 2 is 1.94 bits per heavy atom. The SMILES string of the molecule is CCc1nn2c(I)cccc2c1N(CC)CC. The maximum absolute atomic E-state index is 4.72. The number of anilines is 1. The summed E-state index contributed by atoms with van der Waals surface area (Å²) in [5, 5.41) is 4.72. The molecule has 3 nitrogen and oxygen atoms in total. The topological polar surface area (TPSA) is 20.5 Å². The largest absolute Gasteiger partial charge is 0.369 e. The number of pyridine rings is 1. The Morgan fingerprint density at radius 3 is 2.53 bits per heavy atom. The van der Waals surface area contributed by atoms with E-state index in [0.29, 0.717) is 0 Å². The van der Waals surface area contributed by atoms with Crippen molar-refractivity contribution in [2.75, 3.05) is 18.0 Å². The number of hydrogen-bond acceptors (Lipinski definition) is 2. The molecular formula is C13H18IN3. The van der Waals surface area contributed by atoms with Crippen LogP contribution in [0.15, 0.2) is 18.2 Å². The lowest BCUT2D eigenvalue weighted by Gasteiger charge is -2.21. The highest BCUT2D eigenvalue weighted by Gasteiger charge is 2.16. The Bertz CT molecular complexity index is 515. The van der Waals surface area contributed by atoms with Crippen LogP contribution in [0.25, 0.3) is 5.52 Å². The molecule has 2 aromatic rings. The molecule has 0 aliphatic carbocycles. The normalized spacial score (nSPS) is 11.1. The molecule has 0 saturated carbocycles. The summed E-state index contributed by atoms with van der Waals surface area (Å²) in [6, 6.07) is 6.35. The molecule has 0 radical (unpaired) electrons. The van der Waals surface area contributed by atoms with Crippen LogP contribution in [0, 0.1) is 3.70 Å². The number of hydrogen-bond donors (Lipinski definition) is 0. The quantitative estimate of drug-likeness (QED) is 0.627. The number of aryl methyl sites for hydroxylation is 1. The smallest absolute Gasteiger partial charge is 0.103 e. The van der Waals surface area contributed by atoms with Gasteiger partial charge in [0.1, 0.15) is 3.70 Å². The van der Waals surface area contributed by atoms with Gasteiger partial charge in [0.25, 0.3) is 0 Å². The lowest BCUT2D eigenvalue weighted by atomic mass is 10.2. The lowest BCUT2D eigenvalue weighted by Crippen LogP contribution is -2.22. The van der Waals surface area contributed by atoms with E-state index in [1.54, 1.807) is 0 Å². The Morgan fingerprint density at radius 1 is 1.24 bits per heavy atom. The molecule has 2 aromatic heterocycles. The van der Waals surface area contributed by atoms with Gasteiger partial charge in [-0.05, 0) is 55.0 Å². The van der Waals surface area contributed by atoms with Gasteiger partial charge in [-0.25, -0.2) is 4.52 Å². The van der Waals surface area contributed by atoms with Gasteiger partial charge in [-0.15, -0.1) is 0 Å². The summed E-state index contributed by atoms with van der Waals surface area (Å²) in [6.45, 7) is 8.61. The van der Waals surface area contributed by atoms with Crippen LogP contribution in [0.1, 0.15) is 26.5 Å². The molecule has 0 aliphatic heterocycles. The third-order valence-corrected chi connectivity index (χ3v) is 3.89. The van der Waals surface area contributed by atoms with Crippen molar-refractivity contribution in [1.82, 2.24) is 9.61 Å². The second-order valence-electron chi connectivity index (χ2n) is 3.97. The van der Waals surface area contributed by atoms with Gasteiger partial charge in [-0.3, -0.25) is 0 Å². The molecule has 0 N–H and O–H groups in total. The van der Waals surface area contributed by atoms with Crippen molar-refractivity contribution in [2.24, 2.45) is 0 Å². The van der Waals surface area contributed by atoms with E-state index < -0.39 is 0 Å². The van der Waals surface area contributed by atoms with E-state index >= 15 is 0 Å². The molecule has 2 rings (SSSR count). The monoisotopic (exact) mass is 343 g/mol. The minimum atomic E-state index is 0.976. The van der Waals surface area contributed by atoms with Gasteiger partial charge in [-0.1, -0.05) is 13.0 Å². The molecule has 17 heavy (non-hydrogen) atoms. The van der Waals surface area contributed by atoms with Crippen molar-refractivity contribution < 1.29 is 0 Å². The van der Waals surface area contributed by atoms with Crippen LogP contribution in [0.4, 0.5) is 5.69 Å². The highest BCUT2D eigenvalue weighted by Crippen LogP contribution is 2.27. The molecule has 0 aromatic carbocycles. The molecular weight excluding hydrogens is 325 g/mol. The molecule has 4 heteroatoms. The van der Waals surface area contributed by atoms with E-state index in [9.17, 15) is 0 Å². The van der Waals surface area contributed by atoms with Gasteiger partial charge < -0.3 is 4.90 Å². The zero-order valence-corrected chi connectivity index (χ0v) is 12.7. The summed E-state index contributed by atoms with van der Waals surface area (Å²) in [6.07, 6.45) is 0.976. The Hall–Kier alpha value is -0.780. The molecule has 2 heterocycles. The number of fused-ring (bicyclic) bond motifs is 1. The van der Waals surface area contributed by atoms with Gasteiger partial charge in [0.2, 0.25) is 0 Å². The highest BCUT2D eigenvalue weighted by molar-refractivity contribution is 14.1. The number of nitrogens with zero attached hydrogens (tertiary/aromatic N) is 3. The third kappa shape index (κ3) is 2.14. The average molecular weight is 343 g/mol. The third-order valence-electron chi connectivity index (χ3n) is 3.07. The maximum atomic E-state index is 4.72. The van der Waals surface area contributed by atoms with Gasteiger partial charge in [0.15, 0.2) is 0 Å². The number of halogens is 1. The van der Waals surface area contributed by atoms with E-state index in [1.807, 2.05) is 4.52 Å². The van der Waals surface area contributed by atoms with E-state index in [0.717, 1.165) is 23.2 Å². The molecule has 0 aliphatic rings. The average Bonchev–Trinajstić information content (AvgIpc) is 2.72. The van der Waals surface area contributed by atoms with Gasteiger partial charge in [0.05, 0.1) is 16.9 Å². The number of aromatic nitrogens is 2. The van der Waals surface area contributed by atoms with Crippen LogP contribution in [0.2, 0.25) is 0 Å². The van der Waals surface area contributed by atoms with E-state index in [2.05, 4.69) is 66.5 Å². The summed E-state index contributed by atoms with van der Waals surface area (Å²) in [7, 11) is 0. The molecule has 0 bridgehead atoms. The van der Waals surface area contributed by atoms with Crippen LogP contribution in [0.3, 0.4) is 0 Å². The summed E-state index contributed by atoms with van der Waals surface area (Å²) in [5.74, 6) is 0. The van der Waals surface area contributed by atoms with Gasteiger partial charge in [0, 0.05) is 13.1 Å². The van der Waals surface area contributed by atoms with Crippen LogP contribution in [-0.2, 0) is 6.42 Å². The highest BCUT2D eigenvalue weighted by atomic mass is 127. The lowest BCUT2D eigenvalue weighted by molar-refractivity contribution is 0.848. The molecule has 0 fully saturated rings. The zero-order chi connectivity index (χ0) is 12.4. The second kappa shape index (κ2) is 5.25. The molecule has 0 saturated heterocycles. The van der Waals surface area contributed by atoms with Crippen molar-refractivity contribution in [3.63, 3.8) is 0 Å². The zero-order valence-electron chi connectivity index (χ0n) is 10.6. The predicted octanol–water partition coefficient (Wildman–Crippen LogP) is 3.35. The van der Waals surface area contributed by atoms with E-state index in [-0.39, 0.29) is 0 Å². The van der Waals surface area contributed by atoms with E-state index in [4.69, 9.17) is 5.10 Å². The first-order valence-corrected chi connectivity index (χ1v) is 7.21. The summed E-state index contributed by atoms with van der Waals surface area (Å²) >= 11 is 2.33. The van der Waals surface area contributed by atoms with Crippen molar-refractivity contribution in [2.45, 2.75) is 27.2 Å².